The highest BCUT2D eigenvalue weighted by atomic mass is 16.5. The van der Waals surface area contributed by atoms with Crippen LogP contribution in [0.1, 0.15) is 65.9 Å². The van der Waals surface area contributed by atoms with Crippen molar-refractivity contribution in [3.8, 4) is 0 Å². The smallest absolute Gasteiger partial charge is 0.308 e. The maximum Gasteiger partial charge on any atom is 0.308 e. The van der Waals surface area contributed by atoms with Gasteiger partial charge >= 0.3 is 5.97 Å². The van der Waals surface area contributed by atoms with Crippen LogP contribution in [-0.2, 0) is 28.7 Å². The summed E-state index contributed by atoms with van der Waals surface area (Å²) in [5, 5.41) is 6.50. The lowest BCUT2D eigenvalue weighted by molar-refractivity contribution is -0.160. The van der Waals surface area contributed by atoms with E-state index < -0.39 is 36.0 Å². The minimum Gasteiger partial charge on any atom is -0.452 e. The molecule has 4 amide bonds. The van der Waals surface area contributed by atoms with Gasteiger partial charge < -0.3 is 15.0 Å². The summed E-state index contributed by atoms with van der Waals surface area (Å²) in [4.78, 5) is 72.0. The van der Waals surface area contributed by atoms with Gasteiger partial charge in [-0.25, -0.2) is 10.4 Å². The number of amides is 4. The maximum absolute atomic E-state index is 13.3. The van der Waals surface area contributed by atoms with Crippen molar-refractivity contribution in [3.63, 3.8) is 0 Å². The summed E-state index contributed by atoms with van der Waals surface area (Å²) >= 11 is 0. The van der Waals surface area contributed by atoms with E-state index in [0.29, 0.717) is 38.2 Å². The van der Waals surface area contributed by atoms with Gasteiger partial charge in [-0.2, -0.15) is 0 Å². The molecule has 2 aromatic rings. The summed E-state index contributed by atoms with van der Waals surface area (Å²) in [5.74, 6) is -2.13. The largest absolute Gasteiger partial charge is 0.452 e. The summed E-state index contributed by atoms with van der Waals surface area (Å²) in [6.45, 7) is 9.57. The number of pyridine rings is 1. The predicted octanol–water partition coefficient (Wildman–Crippen LogP) is 2.56. The molecule has 13 nitrogen and oxygen atoms in total. The van der Waals surface area contributed by atoms with Crippen LogP contribution in [0.5, 0.6) is 0 Å². The number of fused-ring (bicyclic) bond motifs is 4. The fraction of sp³-hybridized carbons (Fsp3) is 0.529. The van der Waals surface area contributed by atoms with Gasteiger partial charge in [-0.05, 0) is 55.9 Å². The van der Waals surface area contributed by atoms with E-state index in [1.807, 2.05) is 56.3 Å². The molecule has 1 aromatic carbocycles. The molecule has 3 N–H and O–H groups in total. The number of nitrogens with zero attached hydrogens (tertiary/aromatic N) is 4. The van der Waals surface area contributed by atoms with Crippen molar-refractivity contribution >= 4 is 52.4 Å². The Morgan fingerprint density at radius 3 is 2.47 bits per heavy atom. The number of carbonyl (C=O) groups is 5. The Labute approximate surface area is 276 Å². The van der Waals surface area contributed by atoms with E-state index in [2.05, 4.69) is 16.2 Å². The zero-order valence-electron chi connectivity index (χ0n) is 28.1. The van der Waals surface area contributed by atoms with Gasteiger partial charge in [0.05, 0.1) is 11.9 Å². The van der Waals surface area contributed by atoms with Crippen molar-refractivity contribution in [3.05, 3.63) is 42.0 Å². The summed E-state index contributed by atoms with van der Waals surface area (Å²) in [6, 6.07) is 8.02. The molecule has 4 rings (SSSR count). The number of rotatable bonds is 2. The van der Waals surface area contributed by atoms with Crippen LogP contribution in [0.4, 0.5) is 5.82 Å². The van der Waals surface area contributed by atoms with E-state index in [9.17, 15) is 24.0 Å². The molecule has 1 fully saturated rings. The first-order chi connectivity index (χ1) is 22.3. The normalized spacial score (nSPS) is 23.4. The second kappa shape index (κ2) is 15.9. The molecule has 2 aliphatic heterocycles. The molecule has 2 aliphatic rings. The monoisotopic (exact) mass is 649 g/mol. The third-order valence-electron chi connectivity index (χ3n) is 8.21. The number of cyclic esters (lactones) is 1. The van der Waals surface area contributed by atoms with E-state index >= 15 is 0 Å². The van der Waals surface area contributed by atoms with Crippen LogP contribution < -0.4 is 21.2 Å². The first-order valence-electron chi connectivity index (χ1n) is 16.3. The molecule has 13 heteroatoms. The van der Waals surface area contributed by atoms with Crippen molar-refractivity contribution in [1.29, 1.82) is 0 Å². The number of hydrazine groups is 2. The Balaban J connectivity index is 1.60. The molecule has 0 unspecified atom stereocenters. The molecule has 0 radical (unpaired) electrons. The Morgan fingerprint density at radius 1 is 1.00 bits per heavy atom. The maximum atomic E-state index is 13.3. The fourth-order valence-corrected chi connectivity index (χ4v) is 5.51. The molecule has 1 aromatic heterocycles. The highest BCUT2D eigenvalue weighted by molar-refractivity contribution is 5.91. The van der Waals surface area contributed by atoms with E-state index in [1.165, 1.54) is 5.01 Å². The van der Waals surface area contributed by atoms with Crippen LogP contribution in [0.15, 0.2) is 36.4 Å². The quantitative estimate of drug-likeness (QED) is 0.417. The third-order valence-corrected chi connectivity index (χ3v) is 8.21. The van der Waals surface area contributed by atoms with E-state index in [0.717, 1.165) is 16.5 Å². The molecule has 254 valence electrons. The molecule has 5 bridgehead atoms. The number of benzene rings is 1. The lowest BCUT2D eigenvalue weighted by Gasteiger charge is -2.35. The number of ether oxygens (including phenoxy) is 1. The van der Waals surface area contributed by atoms with Gasteiger partial charge in [0.2, 0.25) is 5.91 Å². The van der Waals surface area contributed by atoms with Crippen LogP contribution in [0.2, 0.25) is 0 Å². The second-order valence-electron chi connectivity index (χ2n) is 12.8. The van der Waals surface area contributed by atoms with Gasteiger partial charge in [-0.15, -0.1) is 0 Å². The molecule has 0 spiro atoms. The van der Waals surface area contributed by atoms with Crippen LogP contribution in [0.3, 0.4) is 0 Å². The van der Waals surface area contributed by atoms with Crippen molar-refractivity contribution in [2.24, 2.45) is 11.8 Å². The minimum absolute atomic E-state index is 0.0819. The molecule has 3 atom stereocenters. The minimum atomic E-state index is -1.13. The molecular formula is C34H47N7O6. The molecule has 1 saturated heterocycles. The van der Waals surface area contributed by atoms with Gasteiger partial charge in [0.15, 0.2) is 6.10 Å². The zero-order valence-corrected chi connectivity index (χ0v) is 28.1. The standard InChI is InChI=1S/C34H47N7O6/c1-21(2)30-32(44)35-23(5)34(46)41-18-9-11-26(37-41)31(43)38-39(6)28-15-14-25-13-12-24(20-27(25)36-28)10-7-8-17-40(33(45)22(3)4)19-16-29(42)47-30/h7,10,12-15,20-23,26,30,37H,8-9,11,16-19H2,1-6H3,(H,35,44)(H,38,43)/b10-7+/t23-,26-,30-/m0/s1. The highest BCUT2D eigenvalue weighted by Crippen LogP contribution is 2.20. The van der Waals surface area contributed by atoms with E-state index in [1.54, 1.807) is 37.7 Å². The predicted molar refractivity (Wildman–Crippen MR) is 178 cm³/mol. The second-order valence-corrected chi connectivity index (χ2v) is 12.8. The lowest BCUT2D eigenvalue weighted by atomic mass is 10.1. The van der Waals surface area contributed by atoms with Gasteiger partial charge in [0, 0.05) is 38.0 Å². The summed E-state index contributed by atoms with van der Waals surface area (Å²) < 4.78 is 5.58. The summed E-state index contributed by atoms with van der Waals surface area (Å²) in [7, 11) is 1.70. The van der Waals surface area contributed by atoms with Gasteiger partial charge in [0.1, 0.15) is 17.9 Å². The van der Waals surface area contributed by atoms with Gasteiger partial charge in [-0.1, -0.05) is 52.0 Å². The molecule has 47 heavy (non-hydrogen) atoms. The summed E-state index contributed by atoms with van der Waals surface area (Å²) in [6.07, 6.45) is 4.37. The average molecular weight is 650 g/mol. The van der Waals surface area contributed by atoms with Crippen LogP contribution in [0.25, 0.3) is 17.0 Å². The Kier molecular flexibility index (Phi) is 11.9. The van der Waals surface area contributed by atoms with Gasteiger partial charge in [0.25, 0.3) is 17.7 Å². The number of anilines is 1. The molecule has 3 heterocycles. The fourth-order valence-electron chi connectivity index (χ4n) is 5.51. The van der Waals surface area contributed by atoms with Crippen molar-refractivity contribution < 1.29 is 28.7 Å². The number of aromatic nitrogens is 1. The molecular weight excluding hydrogens is 602 g/mol. The zero-order chi connectivity index (χ0) is 34.2. The van der Waals surface area contributed by atoms with Crippen molar-refractivity contribution in [2.75, 3.05) is 31.7 Å². The summed E-state index contributed by atoms with van der Waals surface area (Å²) in [5.41, 5.74) is 7.52. The van der Waals surface area contributed by atoms with Crippen molar-refractivity contribution in [2.45, 2.75) is 78.5 Å². The SMILES string of the molecule is CC(C)C(=O)N1CC/C=C/c2ccc3ccc(nc3c2)N(C)NC(=O)[C@@H]2CCCN(N2)C(=O)[C@H](C)NC(=O)[C@H](C(C)C)OC(=O)CC1. The first kappa shape index (κ1) is 35.3. The number of hydrogen-bond acceptors (Lipinski definition) is 9. The topological polar surface area (TPSA) is 153 Å². The Hall–Kier alpha value is -4.52. The Morgan fingerprint density at radius 2 is 1.74 bits per heavy atom. The molecule has 0 saturated carbocycles. The van der Waals surface area contributed by atoms with E-state index in [4.69, 9.17) is 9.72 Å². The number of nitrogens with one attached hydrogen (secondary N) is 3. The third kappa shape index (κ3) is 9.28. The average Bonchev–Trinajstić information content (AvgIpc) is 3.05. The first-order valence-corrected chi connectivity index (χ1v) is 16.3. The van der Waals surface area contributed by atoms with Gasteiger partial charge in [-0.3, -0.25) is 39.4 Å². The van der Waals surface area contributed by atoms with Crippen LogP contribution >= 0.6 is 0 Å². The highest BCUT2D eigenvalue weighted by Gasteiger charge is 2.34. The van der Waals surface area contributed by atoms with Crippen LogP contribution in [0, 0.1) is 11.8 Å². The van der Waals surface area contributed by atoms with E-state index in [-0.39, 0.29) is 36.6 Å². The van der Waals surface area contributed by atoms with Crippen molar-refractivity contribution in [1.82, 2.24) is 31.1 Å². The number of esters is 1. The number of hydrogen-bond donors (Lipinski definition) is 3. The lowest BCUT2D eigenvalue weighted by Crippen LogP contribution is -2.62. The molecule has 0 aliphatic carbocycles. The number of carbonyl (C=O) groups excluding carboxylic acids is 5. The van der Waals surface area contributed by atoms with Crippen LogP contribution in [-0.4, -0.2) is 89.4 Å². The Bertz CT molecular complexity index is 1510.